The minimum Gasteiger partial charge on any atom is -0.492 e. The van der Waals surface area contributed by atoms with Gasteiger partial charge >= 0.3 is 0 Å². The van der Waals surface area contributed by atoms with Crippen molar-refractivity contribution < 1.29 is 9.47 Å². The molecule has 8 aromatic rings. The third-order valence-electron chi connectivity index (χ3n) is 11.0. The van der Waals surface area contributed by atoms with Gasteiger partial charge in [0.05, 0.1) is 5.41 Å². The Morgan fingerprint density at radius 1 is 0.431 bits per heavy atom. The summed E-state index contributed by atoms with van der Waals surface area (Å²) in [7, 11) is 0. The third kappa shape index (κ3) is 5.03. The molecule has 2 saturated heterocycles. The zero-order valence-corrected chi connectivity index (χ0v) is 29.6. The molecule has 0 aromatic heterocycles. The summed E-state index contributed by atoms with van der Waals surface area (Å²) >= 11 is 3.94. The highest BCUT2D eigenvalue weighted by atomic mass is 32.2. The van der Waals surface area contributed by atoms with Crippen LogP contribution in [0.3, 0.4) is 0 Å². The van der Waals surface area contributed by atoms with Gasteiger partial charge in [-0.1, -0.05) is 84.9 Å². The summed E-state index contributed by atoms with van der Waals surface area (Å²) in [6.45, 7) is 1.56. The molecule has 0 spiro atoms. The summed E-state index contributed by atoms with van der Waals surface area (Å²) in [5.74, 6) is 4.30. The second-order valence-corrected chi connectivity index (χ2v) is 16.9. The van der Waals surface area contributed by atoms with Crippen LogP contribution in [0.25, 0.3) is 54.2 Å². The van der Waals surface area contributed by atoms with Crippen LogP contribution in [0.4, 0.5) is 0 Å². The van der Waals surface area contributed by atoms with E-state index in [4.69, 9.17) is 9.47 Å². The van der Waals surface area contributed by atoms with E-state index < -0.39 is 5.41 Å². The SMILES string of the molecule is c1ccc2cc3c(cc2c1)-c1cc2ccccc2cc1C3(c1ccc2cc(OCC3CS3)ccc2c1)c1ccc2cc(OCC3CS3)ccc2c1. The molecule has 2 aliphatic heterocycles. The van der Waals surface area contributed by atoms with Crippen molar-refractivity contribution in [1.82, 2.24) is 0 Å². The normalized spacial score (nSPS) is 18.2. The van der Waals surface area contributed by atoms with Gasteiger partial charge in [-0.2, -0.15) is 23.5 Å². The summed E-state index contributed by atoms with van der Waals surface area (Å²) in [5, 5.41) is 11.1. The molecule has 11 rings (SSSR count). The summed E-state index contributed by atoms with van der Waals surface area (Å²) in [4.78, 5) is 0. The zero-order valence-electron chi connectivity index (χ0n) is 28.0. The first-order valence-electron chi connectivity index (χ1n) is 17.8. The molecule has 0 N–H and O–H groups in total. The van der Waals surface area contributed by atoms with Gasteiger partial charge in [0.2, 0.25) is 0 Å². The van der Waals surface area contributed by atoms with E-state index in [2.05, 4.69) is 146 Å². The van der Waals surface area contributed by atoms with Crippen molar-refractivity contribution >= 4 is 66.6 Å². The van der Waals surface area contributed by atoms with Gasteiger partial charge in [-0.05, 0) is 137 Å². The van der Waals surface area contributed by atoms with Crippen molar-refractivity contribution in [2.75, 3.05) is 24.7 Å². The fourth-order valence-electron chi connectivity index (χ4n) is 8.28. The Labute approximate surface area is 305 Å². The summed E-state index contributed by atoms with van der Waals surface area (Å²) in [6.07, 6.45) is 0. The quantitative estimate of drug-likeness (QED) is 0.147. The molecule has 2 heterocycles. The molecule has 246 valence electrons. The minimum absolute atomic E-state index is 0.544. The average Bonchev–Trinajstić information content (AvgIpc) is 4.13. The molecule has 2 fully saturated rings. The van der Waals surface area contributed by atoms with E-state index in [1.807, 2.05) is 23.5 Å². The standard InChI is InChI=1S/C47H34O2S2/c1-3-7-31-23-45-43(21-29(31)5-1)44-22-30-6-2-4-8-32(30)24-46(44)47(45,37-13-9-35-19-39(15-11-33(35)17-37)48-25-41-27-50-41)38-14-10-36-20-40(16-12-34(36)18-38)49-26-42-28-51-42/h1-24,41-42H,25-28H2. The minimum atomic E-state index is -0.544. The molecule has 3 aliphatic rings. The van der Waals surface area contributed by atoms with E-state index in [0.717, 1.165) is 24.7 Å². The highest BCUT2D eigenvalue weighted by Crippen LogP contribution is 2.58. The lowest BCUT2D eigenvalue weighted by molar-refractivity contribution is 0.330. The van der Waals surface area contributed by atoms with Gasteiger partial charge in [0.1, 0.15) is 24.7 Å². The van der Waals surface area contributed by atoms with Gasteiger partial charge in [-0.25, -0.2) is 0 Å². The smallest absolute Gasteiger partial charge is 0.119 e. The molecule has 0 radical (unpaired) electrons. The van der Waals surface area contributed by atoms with Crippen LogP contribution in [-0.2, 0) is 5.41 Å². The fraction of sp³-hybridized carbons (Fsp3) is 0.149. The van der Waals surface area contributed by atoms with Crippen LogP contribution in [0, 0.1) is 0 Å². The first-order chi connectivity index (χ1) is 25.2. The van der Waals surface area contributed by atoms with Crippen molar-refractivity contribution in [3.63, 3.8) is 0 Å². The number of ether oxygens (including phenoxy) is 2. The van der Waals surface area contributed by atoms with Crippen molar-refractivity contribution in [3.8, 4) is 22.6 Å². The van der Waals surface area contributed by atoms with Crippen molar-refractivity contribution in [2.45, 2.75) is 15.9 Å². The summed E-state index contributed by atoms with van der Waals surface area (Å²) in [5.41, 5.74) is 7.26. The van der Waals surface area contributed by atoms with Crippen LogP contribution in [0.15, 0.2) is 146 Å². The highest BCUT2D eigenvalue weighted by Gasteiger charge is 2.47. The van der Waals surface area contributed by atoms with E-state index in [9.17, 15) is 0 Å². The van der Waals surface area contributed by atoms with Gasteiger partial charge in [-0.15, -0.1) is 0 Å². The molecule has 4 heteroatoms. The first-order valence-corrected chi connectivity index (χ1v) is 19.9. The second-order valence-electron chi connectivity index (χ2n) is 14.2. The largest absolute Gasteiger partial charge is 0.492 e. The van der Waals surface area contributed by atoms with E-state index in [1.54, 1.807) is 0 Å². The Hall–Kier alpha value is -4.90. The van der Waals surface area contributed by atoms with Crippen LogP contribution < -0.4 is 9.47 Å². The number of thioether (sulfide) groups is 2. The lowest BCUT2D eigenvalue weighted by Gasteiger charge is -2.34. The number of fused-ring (bicyclic) bond motifs is 7. The van der Waals surface area contributed by atoms with Crippen LogP contribution in [0.2, 0.25) is 0 Å². The van der Waals surface area contributed by atoms with Crippen LogP contribution >= 0.6 is 23.5 Å². The molecule has 2 atom stereocenters. The molecule has 8 aromatic carbocycles. The van der Waals surface area contributed by atoms with E-state index in [1.165, 1.54) is 88.0 Å². The molecule has 0 saturated carbocycles. The molecule has 2 unspecified atom stereocenters. The second kappa shape index (κ2) is 11.6. The van der Waals surface area contributed by atoms with Crippen LogP contribution in [0.1, 0.15) is 22.3 Å². The predicted molar refractivity (Wildman–Crippen MR) is 217 cm³/mol. The maximum atomic E-state index is 6.18. The van der Waals surface area contributed by atoms with Gasteiger partial charge < -0.3 is 9.47 Å². The van der Waals surface area contributed by atoms with Gasteiger partial charge in [0.15, 0.2) is 0 Å². The molecular formula is C47H34O2S2. The Morgan fingerprint density at radius 2 is 0.804 bits per heavy atom. The number of benzene rings is 8. The average molecular weight is 695 g/mol. The third-order valence-corrected chi connectivity index (χ3v) is 12.9. The molecule has 51 heavy (non-hydrogen) atoms. The summed E-state index contributed by atoms with van der Waals surface area (Å²) < 4.78 is 12.4. The van der Waals surface area contributed by atoms with E-state index in [-0.39, 0.29) is 0 Å². The Bertz CT molecular complexity index is 2500. The molecular weight excluding hydrogens is 661 g/mol. The summed E-state index contributed by atoms with van der Waals surface area (Å²) in [6, 6.07) is 54.7. The number of hydrogen-bond donors (Lipinski definition) is 0. The van der Waals surface area contributed by atoms with Crippen LogP contribution in [0.5, 0.6) is 11.5 Å². The van der Waals surface area contributed by atoms with Gasteiger partial charge in [0, 0.05) is 22.0 Å². The van der Waals surface area contributed by atoms with E-state index in [0.29, 0.717) is 10.5 Å². The van der Waals surface area contributed by atoms with Crippen molar-refractivity contribution in [1.29, 1.82) is 0 Å². The maximum Gasteiger partial charge on any atom is 0.119 e. The molecule has 2 nitrogen and oxygen atoms in total. The highest BCUT2D eigenvalue weighted by molar-refractivity contribution is 8.07. The lowest BCUT2D eigenvalue weighted by Crippen LogP contribution is -2.28. The fourth-order valence-corrected chi connectivity index (χ4v) is 9.07. The topological polar surface area (TPSA) is 18.5 Å². The lowest BCUT2D eigenvalue weighted by atomic mass is 9.66. The van der Waals surface area contributed by atoms with Crippen molar-refractivity contribution in [3.05, 3.63) is 168 Å². The maximum absolute atomic E-state index is 6.18. The van der Waals surface area contributed by atoms with Gasteiger partial charge in [-0.3, -0.25) is 0 Å². The Balaban J connectivity index is 1.17. The Morgan fingerprint density at radius 3 is 1.24 bits per heavy atom. The molecule has 0 amide bonds. The predicted octanol–water partition coefficient (Wildman–Crippen LogP) is 11.7. The van der Waals surface area contributed by atoms with Gasteiger partial charge in [0.25, 0.3) is 0 Å². The molecule has 0 bridgehead atoms. The number of rotatable bonds is 8. The Kier molecular flexibility index (Phi) is 6.75. The van der Waals surface area contributed by atoms with Crippen LogP contribution in [-0.4, -0.2) is 35.2 Å². The monoisotopic (exact) mass is 694 g/mol. The van der Waals surface area contributed by atoms with Crippen molar-refractivity contribution in [2.24, 2.45) is 0 Å². The molecule has 1 aliphatic carbocycles. The number of hydrogen-bond acceptors (Lipinski definition) is 4. The first kappa shape index (κ1) is 29.8. The zero-order chi connectivity index (χ0) is 33.5. The van der Waals surface area contributed by atoms with E-state index >= 15 is 0 Å².